The highest BCUT2D eigenvalue weighted by Gasteiger charge is 2.19. The molecule has 3 rings (SSSR count). The summed E-state index contributed by atoms with van der Waals surface area (Å²) in [6, 6.07) is 9.23. The van der Waals surface area contributed by atoms with E-state index in [1.165, 1.54) is 17.4 Å². The predicted molar refractivity (Wildman–Crippen MR) is 90.8 cm³/mol. The fourth-order valence-corrected chi connectivity index (χ4v) is 3.82. The smallest absolute Gasteiger partial charge is 0.307 e. The molecular formula is C15H10Cl2N2O2S. The minimum atomic E-state index is -0.995. The fraction of sp³-hybridized carbons (Fsp3) is 0.0667. The summed E-state index contributed by atoms with van der Waals surface area (Å²) >= 11 is 13.9. The molecule has 0 saturated heterocycles. The van der Waals surface area contributed by atoms with E-state index in [9.17, 15) is 4.79 Å². The Morgan fingerprint density at radius 1 is 1.32 bits per heavy atom. The maximum absolute atomic E-state index is 10.9. The Bertz CT molecular complexity index is 860. The molecule has 0 atom stereocenters. The molecule has 0 aliphatic carbocycles. The van der Waals surface area contributed by atoms with Crippen LogP contribution in [0.15, 0.2) is 30.3 Å². The number of nitrogens with two attached hydrogens (primary N) is 1. The number of anilines is 1. The number of para-hydroxylation sites is 1. The fourth-order valence-electron chi connectivity index (χ4n) is 2.19. The Labute approximate surface area is 140 Å². The highest BCUT2D eigenvalue weighted by atomic mass is 35.5. The molecule has 3 N–H and O–H groups in total. The van der Waals surface area contributed by atoms with Crippen LogP contribution in [0.1, 0.15) is 5.56 Å². The molecule has 0 aliphatic heterocycles. The van der Waals surface area contributed by atoms with Crippen LogP contribution in [0.3, 0.4) is 0 Å². The standard InChI is InChI=1S/C15H10Cl2N2O2S/c16-8-5-7(6-11(20)21)13(17)14(18)12(8)15-19-9-3-1-2-4-10(9)22-15/h1-5H,6,18H2,(H,20,21). The Morgan fingerprint density at radius 3 is 2.73 bits per heavy atom. The van der Waals surface area contributed by atoms with E-state index < -0.39 is 5.97 Å². The molecule has 0 spiro atoms. The number of carboxylic acid groups (broad SMARTS) is 1. The molecule has 22 heavy (non-hydrogen) atoms. The van der Waals surface area contributed by atoms with Crippen LogP contribution in [-0.2, 0) is 11.2 Å². The highest BCUT2D eigenvalue weighted by molar-refractivity contribution is 7.21. The first-order valence-electron chi connectivity index (χ1n) is 6.31. The van der Waals surface area contributed by atoms with Gasteiger partial charge in [0.25, 0.3) is 0 Å². The molecule has 0 bridgehead atoms. The lowest BCUT2D eigenvalue weighted by Gasteiger charge is -2.11. The van der Waals surface area contributed by atoms with Gasteiger partial charge in [-0.1, -0.05) is 35.3 Å². The lowest BCUT2D eigenvalue weighted by molar-refractivity contribution is -0.136. The lowest BCUT2D eigenvalue weighted by Crippen LogP contribution is -2.03. The minimum Gasteiger partial charge on any atom is -0.481 e. The van der Waals surface area contributed by atoms with Crippen molar-refractivity contribution in [3.63, 3.8) is 0 Å². The SMILES string of the molecule is Nc1c(Cl)c(CC(=O)O)cc(Cl)c1-c1nc2ccccc2s1. The number of benzene rings is 2. The van der Waals surface area contributed by atoms with Crippen LogP contribution in [0.5, 0.6) is 0 Å². The third-order valence-corrected chi connectivity index (χ3v) is 4.98. The topological polar surface area (TPSA) is 76.2 Å². The first kappa shape index (κ1) is 15.1. The van der Waals surface area contributed by atoms with Crippen LogP contribution in [0.2, 0.25) is 10.0 Å². The second-order valence-electron chi connectivity index (χ2n) is 4.68. The van der Waals surface area contributed by atoms with Crippen molar-refractivity contribution in [3.05, 3.63) is 45.9 Å². The molecule has 0 saturated carbocycles. The third-order valence-electron chi connectivity index (χ3n) is 3.18. The first-order chi connectivity index (χ1) is 10.5. The summed E-state index contributed by atoms with van der Waals surface area (Å²) in [5, 5.41) is 10.1. The van der Waals surface area contributed by atoms with Crippen molar-refractivity contribution in [2.24, 2.45) is 0 Å². The van der Waals surface area contributed by atoms with Crippen LogP contribution in [0.4, 0.5) is 5.69 Å². The molecule has 1 aromatic heterocycles. The predicted octanol–water partition coefficient (Wildman–Crippen LogP) is 4.48. The zero-order valence-corrected chi connectivity index (χ0v) is 13.5. The van der Waals surface area contributed by atoms with Gasteiger partial charge in [0.15, 0.2) is 0 Å². The van der Waals surface area contributed by atoms with Gasteiger partial charge in [-0.2, -0.15) is 0 Å². The van der Waals surface area contributed by atoms with Gasteiger partial charge in [0.1, 0.15) is 5.01 Å². The molecule has 0 unspecified atom stereocenters. The number of thiazole rings is 1. The molecule has 3 aromatic rings. The summed E-state index contributed by atoms with van der Waals surface area (Å²) in [4.78, 5) is 15.4. The number of aromatic nitrogens is 1. The maximum atomic E-state index is 10.9. The maximum Gasteiger partial charge on any atom is 0.307 e. The monoisotopic (exact) mass is 352 g/mol. The molecule has 2 aromatic carbocycles. The van der Waals surface area contributed by atoms with E-state index in [1.807, 2.05) is 24.3 Å². The van der Waals surface area contributed by atoms with Crippen LogP contribution < -0.4 is 5.73 Å². The van der Waals surface area contributed by atoms with Gasteiger partial charge in [-0.3, -0.25) is 4.79 Å². The number of nitrogen functional groups attached to an aromatic ring is 1. The van der Waals surface area contributed by atoms with Gasteiger partial charge >= 0.3 is 5.97 Å². The van der Waals surface area contributed by atoms with Gasteiger partial charge in [-0.25, -0.2) is 4.98 Å². The van der Waals surface area contributed by atoms with Gasteiger partial charge in [-0.05, 0) is 23.8 Å². The van der Waals surface area contributed by atoms with Crippen molar-refractivity contribution >= 4 is 56.4 Å². The van der Waals surface area contributed by atoms with Crippen molar-refractivity contribution < 1.29 is 9.90 Å². The van der Waals surface area contributed by atoms with Crippen molar-refractivity contribution in [2.75, 3.05) is 5.73 Å². The molecule has 112 valence electrons. The molecular weight excluding hydrogens is 343 g/mol. The van der Waals surface area contributed by atoms with Crippen LogP contribution in [0, 0.1) is 0 Å². The summed E-state index contributed by atoms with van der Waals surface area (Å²) in [5.74, 6) is -0.995. The van der Waals surface area contributed by atoms with E-state index in [0.29, 0.717) is 21.2 Å². The summed E-state index contributed by atoms with van der Waals surface area (Å²) < 4.78 is 1.01. The zero-order valence-electron chi connectivity index (χ0n) is 11.1. The van der Waals surface area contributed by atoms with Crippen LogP contribution in [0.25, 0.3) is 20.8 Å². The summed E-state index contributed by atoms with van der Waals surface area (Å²) in [6.07, 6.45) is -0.233. The van der Waals surface area contributed by atoms with E-state index in [2.05, 4.69) is 4.98 Å². The van der Waals surface area contributed by atoms with Crippen molar-refractivity contribution in [3.8, 4) is 10.6 Å². The third kappa shape index (κ3) is 2.63. The Hall–Kier alpha value is -1.82. The van der Waals surface area contributed by atoms with Gasteiger partial charge < -0.3 is 10.8 Å². The number of hydrogen-bond donors (Lipinski definition) is 2. The normalized spacial score (nSPS) is 11.0. The number of rotatable bonds is 3. The van der Waals surface area contributed by atoms with Gasteiger partial charge in [0.2, 0.25) is 0 Å². The summed E-state index contributed by atoms with van der Waals surface area (Å²) in [7, 11) is 0. The Morgan fingerprint density at radius 2 is 2.05 bits per heavy atom. The Kier molecular flexibility index (Phi) is 3.95. The highest BCUT2D eigenvalue weighted by Crippen LogP contribution is 2.42. The Balaban J connectivity index is 2.18. The molecule has 1 heterocycles. The van der Waals surface area contributed by atoms with Gasteiger partial charge in [-0.15, -0.1) is 11.3 Å². The first-order valence-corrected chi connectivity index (χ1v) is 7.88. The largest absolute Gasteiger partial charge is 0.481 e. The number of aliphatic carboxylic acids is 1. The van der Waals surface area contributed by atoms with Gasteiger partial charge in [0.05, 0.1) is 37.9 Å². The quantitative estimate of drug-likeness (QED) is 0.681. The van der Waals surface area contributed by atoms with E-state index >= 15 is 0 Å². The van der Waals surface area contributed by atoms with E-state index in [4.69, 9.17) is 34.0 Å². The number of nitrogens with zero attached hydrogens (tertiary/aromatic N) is 1. The number of fused-ring (bicyclic) bond motifs is 1. The number of carboxylic acids is 1. The van der Waals surface area contributed by atoms with Crippen LogP contribution in [-0.4, -0.2) is 16.1 Å². The van der Waals surface area contributed by atoms with E-state index in [1.54, 1.807) is 0 Å². The van der Waals surface area contributed by atoms with Crippen molar-refractivity contribution in [2.45, 2.75) is 6.42 Å². The molecule has 0 aliphatic rings. The summed E-state index contributed by atoms with van der Waals surface area (Å²) in [5.41, 5.74) is 8.11. The van der Waals surface area contributed by atoms with E-state index in [-0.39, 0.29) is 17.1 Å². The summed E-state index contributed by atoms with van der Waals surface area (Å²) in [6.45, 7) is 0. The van der Waals surface area contributed by atoms with Crippen LogP contribution >= 0.6 is 34.5 Å². The number of hydrogen-bond acceptors (Lipinski definition) is 4. The molecule has 7 heteroatoms. The molecule has 0 radical (unpaired) electrons. The molecule has 0 amide bonds. The molecule has 4 nitrogen and oxygen atoms in total. The van der Waals surface area contributed by atoms with Gasteiger partial charge in [0, 0.05) is 0 Å². The van der Waals surface area contributed by atoms with Crippen molar-refractivity contribution in [1.82, 2.24) is 4.98 Å². The van der Waals surface area contributed by atoms with E-state index in [0.717, 1.165) is 10.2 Å². The van der Waals surface area contributed by atoms with Crippen molar-refractivity contribution in [1.29, 1.82) is 0 Å². The average Bonchev–Trinajstić information content (AvgIpc) is 2.87. The zero-order chi connectivity index (χ0) is 15.9. The molecule has 0 fully saturated rings. The minimum absolute atomic E-state index is 0.209. The average molecular weight is 353 g/mol. The second-order valence-corrected chi connectivity index (χ2v) is 6.49. The lowest BCUT2D eigenvalue weighted by atomic mass is 10.1. The second kappa shape index (κ2) is 5.76. The number of halogens is 2. The number of carbonyl (C=O) groups is 1.